The van der Waals surface area contributed by atoms with E-state index < -0.39 is 0 Å². The lowest BCUT2D eigenvalue weighted by Gasteiger charge is -2.20. The Morgan fingerprint density at radius 1 is 1.50 bits per heavy atom. The number of nitrogen functional groups attached to an aromatic ring is 1. The number of amides is 1. The number of nitrogens with zero attached hydrogens (tertiary/aromatic N) is 1. The zero-order valence-electron chi connectivity index (χ0n) is 12.2. The summed E-state index contributed by atoms with van der Waals surface area (Å²) in [5.41, 5.74) is 6.78. The topological polar surface area (TPSA) is 67.6 Å². The van der Waals surface area contributed by atoms with Crippen molar-refractivity contribution < 1.29 is 9.53 Å². The van der Waals surface area contributed by atoms with Crippen molar-refractivity contribution in [2.75, 3.05) is 32.5 Å². The Morgan fingerprint density at radius 3 is 2.85 bits per heavy atom. The van der Waals surface area contributed by atoms with Gasteiger partial charge in [-0.25, -0.2) is 0 Å². The summed E-state index contributed by atoms with van der Waals surface area (Å²) < 4.78 is 5.12. The largest absolute Gasteiger partial charge is 0.495 e. The van der Waals surface area contributed by atoms with Crippen LogP contribution in [-0.4, -0.2) is 43.6 Å². The van der Waals surface area contributed by atoms with Gasteiger partial charge < -0.3 is 15.8 Å². The Kier molecular flexibility index (Phi) is 4.84. The fraction of sp³-hybridized carbons (Fsp3) is 0.533. The molecule has 110 valence electrons. The van der Waals surface area contributed by atoms with Gasteiger partial charge in [0.1, 0.15) is 5.75 Å². The van der Waals surface area contributed by atoms with E-state index in [1.165, 1.54) is 12.8 Å². The van der Waals surface area contributed by atoms with Crippen LogP contribution < -0.4 is 15.8 Å². The Morgan fingerprint density at radius 2 is 2.25 bits per heavy atom. The summed E-state index contributed by atoms with van der Waals surface area (Å²) in [7, 11) is 1.54. The minimum absolute atomic E-state index is 0.145. The molecular formula is C15H23N3O2. The SMILES string of the molecule is CCN(CCNC(=O)c1cccc(OC)c1N)C1CC1. The van der Waals surface area contributed by atoms with Gasteiger partial charge in [-0.1, -0.05) is 13.0 Å². The maximum absolute atomic E-state index is 12.1. The lowest BCUT2D eigenvalue weighted by atomic mass is 10.1. The summed E-state index contributed by atoms with van der Waals surface area (Å²) in [6.45, 7) is 4.71. The molecule has 0 bridgehead atoms. The van der Waals surface area contributed by atoms with E-state index >= 15 is 0 Å². The monoisotopic (exact) mass is 277 g/mol. The lowest BCUT2D eigenvalue weighted by Crippen LogP contribution is -2.36. The standard InChI is InChI=1S/C15H23N3O2/c1-3-18(11-7-8-11)10-9-17-15(19)12-5-4-6-13(20-2)14(12)16/h4-6,11H,3,7-10,16H2,1-2H3,(H,17,19). The molecule has 1 aliphatic carbocycles. The summed E-state index contributed by atoms with van der Waals surface area (Å²) >= 11 is 0. The third-order valence-corrected chi connectivity index (χ3v) is 3.68. The number of likely N-dealkylation sites (N-methyl/N-ethyl adjacent to an activating group) is 1. The molecule has 5 heteroatoms. The van der Waals surface area contributed by atoms with Crippen molar-refractivity contribution in [3.8, 4) is 5.75 Å². The average molecular weight is 277 g/mol. The number of para-hydroxylation sites is 1. The second kappa shape index (κ2) is 6.61. The number of anilines is 1. The van der Waals surface area contributed by atoms with E-state index in [-0.39, 0.29) is 5.91 Å². The Hall–Kier alpha value is -1.75. The van der Waals surface area contributed by atoms with Crippen LogP contribution in [0.3, 0.4) is 0 Å². The highest BCUT2D eigenvalue weighted by Gasteiger charge is 2.27. The number of hydrogen-bond acceptors (Lipinski definition) is 4. The molecule has 1 aliphatic rings. The number of methoxy groups -OCH3 is 1. The number of rotatable bonds is 7. The normalized spacial score (nSPS) is 14.3. The van der Waals surface area contributed by atoms with Crippen molar-refractivity contribution in [3.05, 3.63) is 23.8 Å². The zero-order valence-corrected chi connectivity index (χ0v) is 12.2. The molecule has 1 aromatic carbocycles. The van der Waals surface area contributed by atoms with Crippen LogP contribution in [0.2, 0.25) is 0 Å². The highest BCUT2D eigenvalue weighted by Crippen LogP contribution is 2.26. The predicted octanol–water partition coefficient (Wildman–Crippen LogP) is 1.49. The minimum Gasteiger partial charge on any atom is -0.495 e. The summed E-state index contributed by atoms with van der Waals surface area (Å²) in [6, 6.07) is 5.95. The molecule has 0 unspecified atom stereocenters. The van der Waals surface area contributed by atoms with Crippen LogP contribution in [0.1, 0.15) is 30.1 Å². The van der Waals surface area contributed by atoms with Crippen molar-refractivity contribution in [1.82, 2.24) is 10.2 Å². The van der Waals surface area contributed by atoms with Gasteiger partial charge in [0, 0.05) is 19.1 Å². The number of benzene rings is 1. The molecule has 0 atom stereocenters. The number of nitrogens with two attached hydrogens (primary N) is 1. The Balaban J connectivity index is 1.88. The molecule has 20 heavy (non-hydrogen) atoms. The second-order valence-electron chi connectivity index (χ2n) is 5.04. The van der Waals surface area contributed by atoms with Gasteiger partial charge in [0.15, 0.2) is 0 Å². The summed E-state index contributed by atoms with van der Waals surface area (Å²) in [5.74, 6) is 0.388. The molecular weight excluding hydrogens is 254 g/mol. The first kappa shape index (κ1) is 14.7. The van der Waals surface area contributed by atoms with Crippen molar-refractivity contribution in [3.63, 3.8) is 0 Å². The molecule has 1 saturated carbocycles. The van der Waals surface area contributed by atoms with E-state index in [2.05, 4.69) is 17.1 Å². The molecule has 3 N–H and O–H groups in total. The summed E-state index contributed by atoms with van der Waals surface area (Å²) in [5, 5.41) is 2.92. The molecule has 2 rings (SSSR count). The third kappa shape index (κ3) is 3.42. The Labute approximate surface area is 120 Å². The number of hydrogen-bond donors (Lipinski definition) is 2. The summed E-state index contributed by atoms with van der Waals surface area (Å²) in [4.78, 5) is 14.5. The molecule has 0 aromatic heterocycles. The molecule has 0 spiro atoms. The Bertz CT molecular complexity index is 472. The van der Waals surface area contributed by atoms with Crippen molar-refractivity contribution in [2.24, 2.45) is 0 Å². The van der Waals surface area contributed by atoms with Gasteiger partial charge in [-0.3, -0.25) is 9.69 Å². The van der Waals surface area contributed by atoms with Crippen LogP contribution in [0, 0.1) is 0 Å². The fourth-order valence-corrected chi connectivity index (χ4v) is 2.37. The van der Waals surface area contributed by atoms with E-state index in [0.717, 1.165) is 19.1 Å². The smallest absolute Gasteiger partial charge is 0.253 e. The van der Waals surface area contributed by atoms with Gasteiger partial charge in [-0.2, -0.15) is 0 Å². The van der Waals surface area contributed by atoms with Gasteiger partial charge in [-0.05, 0) is 31.5 Å². The molecule has 1 amide bonds. The number of nitrogens with one attached hydrogen (secondary N) is 1. The fourth-order valence-electron chi connectivity index (χ4n) is 2.37. The molecule has 0 heterocycles. The predicted molar refractivity (Wildman–Crippen MR) is 80.0 cm³/mol. The molecule has 0 saturated heterocycles. The van der Waals surface area contributed by atoms with Crippen LogP contribution >= 0.6 is 0 Å². The van der Waals surface area contributed by atoms with Gasteiger partial charge in [0.2, 0.25) is 0 Å². The molecule has 5 nitrogen and oxygen atoms in total. The molecule has 1 fully saturated rings. The molecule has 0 aliphatic heterocycles. The van der Waals surface area contributed by atoms with Crippen LogP contribution in [0.15, 0.2) is 18.2 Å². The highest BCUT2D eigenvalue weighted by molar-refractivity contribution is 6.00. The van der Waals surface area contributed by atoms with Crippen molar-refractivity contribution >= 4 is 11.6 Å². The van der Waals surface area contributed by atoms with E-state index in [1.807, 2.05) is 0 Å². The van der Waals surface area contributed by atoms with Crippen LogP contribution in [-0.2, 0) is 0 Å². The lowest BCUT2D eigenvalue weighted by molar-refractivity contribution is 0.0948. The molecule has 0 radical (unpaired) electrons. The van der Waals surface area contributed by atoms with E-state index in [9.17, 15) is 4.79 Å². The van der Waals surface area contributed by atoms with E-state index in [0.29, 0.717) is 23.5 Å². The van der Waals surface area contributed by atoms with Crippen molar-refractivity contribution in [2.45, 2.75) is 25.8 Å². The first-order valence-corrected chi connectivity index (χ1v) is 7.12. The first-order chi connectivity index (χ1) is 9.67. The third-order valence-electron chi connectivity index (χ3n) is 3.68. The van der Waals surface area contributed by atoms with Gasteiger partial charge in [0.05, 0.1) is 18.4 Å². The minimum atomic E-state index is -0.145. The second-order valence-corrected chi connectivity index (χ2v) is 5.04. The molecule has 1 aromatic rings. The number of carbonyl (C=O) groups excluding carboxylic acids is 1. The van der Waals surface area contributed by atoms with Crippen LogP contribution in [0.4, 0.5) is 5.69 Å². The van der Waals surface area contributed by atoms with Gasteiger partial charge in [0.25, 0.3) is 5.91 Å². The highest BCUT2D eigenvalue weighted by atomic mass is 16.5. The first-order valence-electron chi connectivity index (χ1n) is 7.12. The van der Waals surface area contributed by atoms with E-state index in [1.54, 1.807) is 25.3 Å². The maximum atomic E-state index is 12.1. The summed E-state index contributed by atoms with van der Waals surface area (Å²) in [6.07, 6.45) is 2.56. The van der Waals surface area contributed by atoms with Gasteiger partial charge >= 0.3 is 0 Å². The zero-order chi connectivity index (χ0) is 14.5. The van der Waals surface area contributed by atoms with Crippen LogP contribution in [0.25, 0.3) is 0 Å². The quantitative estimate of drug-likeness (QED) is 0.741. The van der Waals surface area contributed by atoms with Crippen molar-refractivity contribution in [1.29, 1.82) is 0 Å². The number of ether oxygens (including phenoxy) is 1. The average Bonchev–Trinajstić information content (AvgIpc) is 3.28. The van der Waals surface area contributed by atoms with Crippen LogP contribution in [0.5, 0.6) is 5.75 Å². The maximum Gasteiger partial charge on any atom is 0.253 e. The van der Waals surface area contributed by atoms with Gasteiger partial charge in [-0.15, -0.1) is 0 Å². The number of carbonyl (C=O) groups is 1. The van der Waals surface area contributed by atoms with E-state index in [4.69, 9.17) is 10.5 Å².